The Kier molecular flexibility index (Phi) is 8.46. The zero-order valence-corrected chi connectivity index (χ0v) is 12.6. The Labute approximate surface area is 129 Å². The number of carbonyl (C=O) groups excluding carboxylic acids is 1. The highest BCUT2D eigenvalue weighted by molar-refractivity contribution is 5.81. The van der Waals surface area contributed by atoms with Gasteiger partial charge in [0.05, 0.1) is 6.54 Å². The van der Waals surface area contributed by atoms with E-state index >= 15 is 0 Å². The maximum atomic E-state index is 12.0. The Morgan fingerprint density at radius 1 is 1.23 bits per heavy atom. The SMILES string of the molecule is O=C(O)CN1CCC(NC(=O)C2CCCCO2)CC1.O=CO. The summed E-state index contributed by atoms with van der Waals surface area (Å²) in [5.74, 6) is -0.797. The molecule has 8 nitrogen and oxygen atoms in total. The van der Waals surface area contributed by atoms with Crippen LogP contribution in [0.4, 0.5) is 0 Å². The molecule has 1 amide bonds. The smallest absolute Gasteiger partial charge is 0.317 e. The summed E-state index contributed by atoms with van der Waals surface area (Å²) in [6.45, 7) is 1.97. The van der Waals surface area contributed by atoms with Gasteiger partial charge in [-0.15, -0.1) is 0 Å². The van der Waals surface area contributed by atoms with Gasteiger partial charge in [0.15, 0.2) is 0 Å². The Balaban J connectivity index is 0.000000745. The Hall–Kier alpha value is -1.67. The molecule has 0 radical (unpaired) electrons. The summed E-state index contributed by atoms with van der Waals surface area (Å²) < 4.78 is 5.45. The van der Waals surface area contributed by atoms with Crippen molar-refractivity contribution in [3.8, 4) is 0 Å². The van der Waals surface area contributed by atoms with Gasteiger partial charge in [-0.3, -0.25) is 19.3 Å². The van der Waals surface area contributed by atoms with Crippen LogP contribution in [-0.2, 0) is 19.1 Å². The lowest BCUT2D eigenvalue weighted by Gasteiger charge is -2.32. The minimum Gasteiger partial charge on any atom is -0.483 e. The molecule has 0 aromatic carbocycles. The predicted molar refractivity (Wildman–Crippen MR) is 77.5 cm³/mol. The molecule has 2 rings (SSSR count). The van der Waals surface area contributed by atoms with Crippen LogP contribution in [0.3, 0.4) is 0 Å². The van der Waals surface area contributed by atoms with Crippen LogP contribution < -0.4 is 5.32 Å². The van der Waals surface area contributed by atoms with Crippen molar-refractivity contribution in [2.45, 2.75) is 44.2 Å². The number of nitrogens with zero attached hydrogens (tertiary/aromatic N) is 1. The van der Waals surface area contributed by atoms with E-state index in [1.54, 1.807) is 0 Å². The molecule has 3 N–H and O–H groups in total. The molecule has 22 heavy (non-hydrogen) atoms. The van der Waals surface area contributed by atoms with Crippen LogP contribution in [0.15, 0.2) is 0 Å². The molecule has 0 spiro atoms. The lowest BCUT2D eigenvalue weighted by molar-refractivity contribution is -0.139. The number of likely N-dealkylation sites (tertiary alicyclic amines) is 1. The zero-order valence-electron chi connectivity index (χ0n) is 12.6. The number of carbonyl (C=O) groups is 3. The molecular weight excluding hydrogens is 292 g/mol. The number of ether oxygens (including phenoxy) is 1. The lowest BCUT2D eigenvalue weighted by Crippen LogP contribution is -2.49. The zero-order chi connectivity index (χ0) is 16.4. The molecule has 0 aromatic rings. The third-order valence-corrected chi connectivity index (χ3v) is 3.76. The van der Waals surface area contributed by atoms with Crippen LogP contribution in [0.2, 0.25) is 0 Å². The van der Waals surface area contributed by atoms with Gasteiger partial charge in [-0.1, -0.05) is 0 Å². The summed E-state index contributed by atoms with van der Waals surface area (Å²) in [6, 6.07) is 0.156. The number of carboxylic acid groups (broad SMARTS) is 2. The van der Waals surface area contributed by atoms with Crippen molar-refractivity contribution >= 4 is 18.3 Å². The number of nitrogens with one attached hydrogen (secondary N) is 1. The fraction of sp³-hybridized carbons (Fsp3) is 0.786. The van der Waals surface area contributed by atoms with Gasteiger partial charge < -0.3 is 20.3 Å². The number of rotatable bonds is 4. The number of aliphatic carboxylic acids is 1. The predicted octanol–water partition coefficient (Wildman–Crippen LogP) is -0.0785. The molecule has 0 aliphatic carbocycles. The topological polar surface area (TPSA) is 116 Å². The highest BCUT2D eigenvalue weighted by Gasteiger charge is 2.26. The van der Waals surface area contributed by atoms with Crippen LogP contribution in [-0.4, -0.2) is 71.8 Å². The lowest BCUT2D eigenvalue weighted by atomic mass is 10.0. The first-order valence-corrected chi connectivity index (χ1v) is 7.50. The quantitative estimate of drug-likeness (QED) is 0.621. The van der Waals surface area contributed by atoms with Crippen molar-refractivity contribution in [2.24, 2.45) is 0 Å². The minimum atomic E-state index is -0.793. The molecular formula is C14H24N2O6. The molecule has 2 heterocycles. The molecule has 1 unspecified atom stereocenters. The maximum Gasteiger partial charge on any atom is 0.317 e. The van der Waals surface area contributed by atoms with Gasteiger partial charge in [0.25, 0.3) is 6.47 Å². The highest BCUT2D eigenvalue weighted by Crippen LogP contribution is 2.15. The van der Waals surface area contributed by atoms with E-state index < -0.39 is 5.97 Å². The van der Waals surface area contributed by atoms with E-state index in [1.165, 1.54) is 0 Å². The van der Waals surface area contributed by atoms with Gasteiger partial charge in [-0.05, 0) is 32.1 Å². The van der Waals surface area contributed by atoms with E-state index in [-0.39, 0.29) is 31.1 Å². The molecule has 0 saturated carbocycles. The molecule has 0 aromatic heterocycles. The Morgan fingerprint density at radius 3 is 2.36 bits per heavy atom. The Bertz CT molecular complexity index is 362. The van der Waals surface area contributed by atoms with Gasteiger partial charge in [0.2, 0.25) is 5.91 Å². The van der Waals surface area contributed by atoms with Gasteiger partial charge in [-0.25, -0.2) is 0 Å². The van der Waals surface area contributed by atoms with Crippen LogP contribution in [0.1, 0.15) is 32.1 Å². The summed E-state index contributed by atoms with van der Waals surface area (Å²) >= 11 is 0. The Morgan fingerprint density at radius 2 is 1.86 bits per heavy atom. The van der Waals surface area contributed by atoms with Gasteiger partial charge in [-0.2, -0.15) is 0 Å². The maximum absolute atomic E-state index is 12.0. The van der Waals surface area contributed by atoms with Crippen LogP contribution in [0.25, 0.3) is 0 Å². The molecule has 2 aliphatic rings. The summed E-state index contributed by atoms with van der Waals surface area (Å²) in [7, 11) is 0. The largest absolute Gasteiger partial charge is 0.483 e. The fourth-order valence-electron chi connectivity index (χ4n) is 2.67. The first-order valence-electron chi connectivity index (χ1n) is 7.50. The van der Waals surface area contributed by atoms with Gasteiger partial charge in [0, 0.05) is 25.7 Å². The van der Waals surface area contributed by atoms with E-state index in [4.69, 9.17) is 19.7 Å². The second kappa shape index (κ2) is 10.1. The number of hydrogen-bond donors (Lipinski definition) is 3. The highest BCUT2D eigenvalue weighted by atomic mass is 16.5. The summed E-state index contributed by atoms with van der Waals surface area (Å²) in [6.07, 6.45) is 4.24. The number of hydrogen-bond acceptors (Lipinski definition) is 5. The van der Waals surface area contributed by atoms with Gasteiger partial charge >= 0.3 is 5.97 Å². The number of piperidine rings is 1. The summed E-state index contributed by atoms with van der Waals surface area (Å²) in [5.41, 5.74) is 0. The molecule has 2 fully saturated rings. The van der Waals surface area contributed by atoms with Crippen molar-refractivity contribution in [1.82, 2.24) is 10.2 Å². The molecule has 8 heteroatoms. The minimum absolute atomic E-state index is 0.00335. The van der Waals surface area contributed by atoms with Crippen molar-refractivity contribution in [1.29, 1.82) is 0 Å². The summed E-state index contributed by atoms with van der Waals surface area (Å²) in [4.78, 5) is 32.9. The number of amides is 1. The first kappa shape index (κ1) is 18.4. The fourth-order valence-corrected chi connectivity index (χ4v) is 2.67. The van der Waals surface area contributed by atoms with Crippen molar-refractivity contribution in [3.05, 3.63) is 0 Å². The van der Waals surface area contributed by atoms with Gasteiger partial charge in [0.1, 0.15) is 6.10 Å². The van der Waals surface area contributed by atoms with Crippen molar-refractivity contribution in [3.63, 3.8) is 0 Å². The van der Waals surface area contributed by atoms with Crippen LogP contribution in [0, 0.1) is 0 Å². The molecule has 2 saturated heterocycles. The second-order valence-corrected chi connectivity index (χ2v) is 5.41. The van der Waals surface area contributed by atoms with E-state index in [9.17, 15) is 9.59 Å². The molecule has 1 atom stereocenters. The van der Waals surface area contributed by atoms with Crippen molar-refractivity contribution < 1.29 is 29.3 Å². The second-order valence-electron chi connectivity index (χ2n) is 5.41. The van der Waals surface area contributed by atoms with Crippen LogP contribution in [0.5, 0.6) is 0 Å². The average Bonchev–Trinajstić information content (AvgIpc) is 2.50. The molecule has 0 bridgehead atoms. The molecule has 2 aliphatic heterocycles. The van der Waals surface area contributed by atoms with E-state index in [2.05, 4.69) is 5.32 Å². The third kappa shape index (κ3) is 6.86. The standard InChI is InChI=1S/C13H22N2O4.CH2O2/c16-12(17)9-15-6-4-10(5-7-15)14-13(18)11-3-1-2-8-19-11;2-1-3/h10-11H,1-9H2,(H,14,18)(H,16,17);1H,(H,2,3). The van der Waals surface area contributed by atoms with E-state index in [0.717, 1.165) is 45.2 Å². The third-order valence-electron chi connectivity index (χ3n) is 3.76. The average molecular weight is 316 g/mol. The molecule has 126 valence electrons. The first-order chi connectivity index (χ1) is 10.6. The van der Waals surface area contributed by atoms with E-state index in [0.29, 0.717) is 6.61 Å². The van der Waals surface area contributed by atoms with Crippen molar-refractivity contribution in [2.75, 3.05) is 26.2 Å². The summed E-state index contributed by atoms with van der Waals surface area (Å²) in [5, 5.41) is 18.6. The number of carboxylic acids is 1. The van der Waals surface area contributed by atoms with E-state index in [1.807, 2.05) is 4.90 Å². The normalized spacial score (nSPS) is 23.0. The van der Waals surface area contributed by atoms with Crippen LogP contribution >= 0.6 is 0 Å². The monoisotopic (exact) mass is 316 g/mol.